The number of aryl methyl sites for hydroxylation is 4. The molecular formula is C37H32ClN3O4S. The maximum atomic E-state index is 13.5. The van der Waals surface area contributed by atoms with Crippen LogP contribution >= 0.6 is 11.6 Å². The van der Waals surface area contributed by atoms with Crippen molar-refractivity contribution in [2.75, 3.05) is 11.9 Å². The third-order valence-corrected chi connectivity index (χ3v) is 9.58. The highest BCUT2D eigenvalue weighted by Crippen LogP contribution is 2.43. The second-order valence-electron chi connectivity index (χ2n) is 11.3. The van der Waals surface area contributed by atoms with Gasteiger partial charge in [-0.25, -0.2) is 18.1 Å². The van der Waals surface area contributed by atoms with Crippen LogP contribution in [-0.2, 0) is 14.8 Å². The third kappa shape index (κ3) is 6.20. The average molecular weight is 650 g/mol. The van der Waals surface area contributed by atoms with E-state index in [1.807, 2.05) is 74.5 Å². The van der Waals surface area contributed by atoms with E-state index in [1.54, 1.807) is 18.2 Å². The van der Waals surface area contributed by atoms with Crippen molar-refractivity contribution in [3.63, 3.8) is 0 Å². The van der Waals surface area contributed by atoms with Crippen LogP contribution in [0.1, 0.15) is 22.3 Å². The van der Waals surface area contributed by atoms with E-state index < -0.39 is 21.8 Å². The van der Waals surface area contributed by atoms with Crippen molar-refractivity contribution >= 4 is 54.9 Å². The van der Waals surface area contributed by atoms with Crippen molar-refractivity contribution in [1.82, 2.24) is 4.72 Å². The SMILES string of the molecule is Cc1cccc(C)c1N=c1ccc2c(-c3ccccc3S(=O)(=O)NCC(=O)Cl)c3ccc(Nc4c(C)cccc4C)cc3oc-2c1. The maximum Gasteiger partial charge on any atom is 0.241 e. The first-order chi connectivity index (χ1) is 22.0. The molecule has 46 heavy (non-hydrogen) atoms. The van der Waals surface area contributed by atoms with E-state index in [0.29, 0.717) is 33.4 Å². The highest BCUT2D eigenvalue weighted by atomic mass is 35.5. The van der Waals surface area contributed by atoms with Gasteiger partial charge in [0.15, 0.2) is 0 Å². The molecule has 0 saturated carbocycles. The fourth-order valence-corrected chi connectivity index (χ4v) is 7.06. The van der Waals surface area contributed by atoms with Crippen LogP contribution in [0.3, 0.4) is 0 Å². The van der Waals surface area contributed by atoms with Gasteiger partial charge in [0.2, 0.25) is 15.3 Å². The summed E-state index contributed by atoms with van der Waals surface area (Å²) in [5.41, 5.74) is 9.43. The quantitative estimate of drug-likeness (QED) is 0.127. The number of carbonyl (C=O) groups excluding carboxylic acids is 1. The Morgan fingerprint density at radius 2 is 1.46 bits per heavy atom. The van der Waals surface area contributed by atoms with Gasteiger partial charge >= 0.3 is 0 Å². The predicted molar refractivity (Wildman–Crippen MR) is 185 cm³/mol. The number of carbonyl (C=O) groups is 1. The van der Waals surface area contributed by atoms with Gasteiger partial charge in [-0.1, -0.05) is 54.6 Å². The van der Waals surface area contributed by atoms with E-state index >= 15 is 0 Å². The normalized spacial score (nSPS) is 12.2. The molecule has 7 nitrogen and oxygen atoms in total. The number of para-hydroxylation sites is 2. The summed E-state index contributed by atoms with van der Waals surface area (Å²) in [6.45, 7) is 7.63. The van der Waals surface area contributed by atoms with Gasteiger partial charge in [0.25, 0.3) is 0 Å². The number of halogens is 1. The smallest absolute Gasteiger partial charge is 0.241 e. The minimum absolute atomic E-state index is 0.0174. The van der Waals surface area contributed by atoms with E-state index in [-0.39, 0.29) is 4.90 Å². The molecule has 1 aliphatic carbocycles. The van der Waals surface area contributed by atoms with Crippen LogP contribution in [0.15, 0.2) is 111 Å². The van der Waals surface area contributed by atoms with Crippen molar-refractivity contribution in [3.05, 3.63) is 125 Å². The molecule has 9 heteroatoms. The summed E-state index contributed by atoms with van der Waals surface area (Å²) in [6.07, 6.45) is 0. The summed E-state index contributed by atoms with van der Waals surface area (Å²) in [5.74, 6) is 0.537. The van der Waals surface area contributed by atoms with Gasteiger partial charge in [0.1, 0.15) is 11.3 Å². The van der Waals surface area contributed by atoms with Gasteiger partial charge < -0.3 is 9.73 Å². The number of rotatable bonds is 8. The molecule has 0 fully saturated rings. The summed E-state index contributed by atoms with van der Waals surface area (Å²) in [4.78, 5) is 16.4. The topological polar surface area (TPSA) is 101 Å². The number of nitrogens with one attached hydrogen (secondary N) is 2. The minimum Gasteiger partial charge on any atom is -0.456 e. The third-order valence-electron chi connectivity index (χ3n) is 7.98. The van der Waals surface area contributed by atoms with E-state index in [0.717, 1.165) is 44.7 Å². The Morgan fingerprint density at radius 1 is 0.783 bits per heavy atom. The summed E-state index contributed by atoms with van der Waals surface area (Å²) in [6, 6.07) is 30.3. The van der Waals surface area contributed by atoms with Gasteiger partial charge in [-0.05, 0) is 91.9 Å². The van der Waals surface area contributed by atoms with Crippen LogP contribution in [0.4, 0.5) is 17.1 Å². The molecule has 4 aromatic rings. The fraction of sp³-hybridized carbons (Fsp3) is 0.135. The lowest BCUT2D eigenvalue weighted by molar-refractivity contribution is -0.110. The number of hydrogen-bond acceptors (Lipinski definition) is 6. The molecule has 1 heterocycles. The van der Waals surface area contributed by atoms with Crippen LogP contribution in [0.25, 0.3) is 33.4 Å². The summed E-state index contributed by atoms with van der Waals surface area (Å²) in [5, 5.41) is 4.14. The molecule has 0 amide bonds. The van der Waals surface area contributed by atoms with E-state index in [9.17, 15) is 13.2 Å². The second kappa shape index (κ2) is 12.6. The molecule has 0 saturated heterocycles. The summed E-state index contributed by atoms with van der Waals surface area (Å²) in [7, 11) is -4.10. The second-order valence-corrected chi connectivity index (χ2v) is 13.4. The highest BCUT2D eigenvalue weighted by molar-refractivity contribution is 7.89. The Morgan fingerprint density at radius 3 is 2.15 bits per heavy atom. The molecule has 2 N–H and O–H groups in total. The van der Waals surface area contributed by atoms with Gasteiger partial charge in [-0.2, -0.15) is 0 Å². The number of anilines is 2. The zero-order chi connectivity index (χ0) is 32.6. The van der Waals surface area contributed by atoms with Crippen molar-refractivity contribution < 1.29 is 17.6 Å². The van der Waals surface area contributed by atoms with E-state index in [1.165, 1.54) is 6.07 Å². The van der Waals surface area contributed by atoms with Crippen LogP contribution in [0, 0.1) is 27.7 Å². The first kappa shape index (κ1) is 31.2. The lowest BCUT2D eigenvalue weighted by Crippen LogP contribution is -2.28. The monoisotopic (exact) mass is 649 g/mol. The molecule has 4 aromatic carbocycles. The molecule has 0 aromatic heterocycles. The first-order valence-electron chi connectivity index (χ1n) is 14.7. The summed E-state index contributed by atoms with van der Waals surface area (Å²) >= 11 is 5.48. The van der Waals surface area contributed by atoms with E-state index in [2.05, 4.69) is 36.0 Å². The zero-order valence-corrected chi connectivity index (χ0v) is 27.4. The number of fused-ring (bicyclic) bond motifs is 2. The van der Waals surface area contributed by atoms with Crippen molar-refractivity contribution in [3.8, 4) is 22.5 Å². The number of nitrogens with zero attached hydrogens (tertiary/aromatic N) is 1. The van der Waals surface area contributed by atoms with E-state index in [4.69, 9.17) is 21.0 Å². The molecule has 0 radical (unpaired) electrons. The fourth-order valence-electron chi connectivity index (χ4n) is 5.72. The highest BCUT2D eigenvalue weighted by Gasteiger charge is 2.25. The minimum atomic E-state index is -4.10. The molecule has 2 aliphatic rings. The number of sulfonamides is 1. The van der Waals surface area contributed by atoms with Crippen LogP contribution in [0.5, 0.6) is 0 Å². The molecule has 6 rings (SSSR count). The Balaban J connectivity index is 1.61. The van der Waals surface area contributed by atoms with Crippen LogP contribution < -0.4 is 15.4 Å². The van der Waals surface area contributed by atoms with Crippen molar-refractivity contribution in [1.29, 1.82) is 0 Å². The molecule has 0 unspecified atom stereocenters. The lowest BCUT2D eigenvalue weighted by Gasteiger charge is -2.19. The van der Waals surface area contributed by atoms with Crippen LogP contribution in [-0.4, -0.2) is 20.2 Å². The Hall–Kier alpha value is -4.76. The van der Waals surface area contributed by atoms with Gasteiger partial charge in [0.05, 0.1) is 22.5 Å². The first-order valence-corrected chi connectivity index (χ1v) is 16.6. The Kier molecular flexibility index (Phi) is 8.53. The summed E-state index contributed by atoms with van der Waals surface area (Å²) < 4.78 is 35.8. The molecule has 0 atom stereocenters. The zero-order valence-electron chi connectivity index (χ0n) is 25.8. The molecular weight excluding hydrogens is 618 g/mol. The molecule has 0 bridgehead atoms. The van der Waals surface area contributed by atoms with Gasteiger partial charge in [0, 0.05) is 45.6 Å². The molecule has 232 valence electrons. The Bertz CT molecular complexity index is 2250. The van der Waals surface area contributed by atoms with Gasteiger partial charge in [-0.15, -0.1) is 0 Å². The Labute approximate surface area is 273 Å². The number of hydrogen-bond donors (Lipinski definition) is 2. The molecule has 1 aliphatic heterocycles. The molecule has 0 spiro atoms. The lowest BCUT2D eigenvalue weighted by atomic mass is 9.93. The predicted octanol–water partition coefficient (Wildman–Crippen LogP) is 8.46. The largest absolute Gasteiger partial charge is 0.456 e. The van der Waals surface area contributed by atoms with Gasteiger partial charge in [-0.3, -0.25) is 4.79 Å². The number of benzene rings is 5. The van der Waals surface area contributed by atoms with Crippen molar-refractivity contribution in [2.24, 2.45) is 4.99 Å². The van der Waals surface area contributed by atoms with Crippen LogP contribution in [0.2, 0.25) is 0 Å². The average Bonchev–Trinajstić information content (AvgIpc) is 3.02. The standard InChI is InChI=1S/C37H32ClN3O4S/c1-22-9-7-10-23(2)36(22)40-26-15-17-28-31(19-26)45-32-20-27(41-37-24(3)11-8-12-25(37)4)16-18-29(32)35(28)30-13-5-6-14-33(30)46(43,44)39-21-34(38)42/h5-20,39-40H,21H2,1-4H3. The van der Waals surface area contributed by atoms with Crippen molar-refractivity contribution in [2.45, 2.75) is 32.6 Å². The maximum absolute atomic E-state index is 13.5.